The van der Waals surface area contributed by atoms with Crippen LogP contribution in [0.25, 0.3) is 0 Å². The van der Waals surface area contributed by atoms with Crippen molar-refractivity contribution in [2.24, 2.45) is 5.73 Å². The number of fused-ring (bicyclic) bond motifs is 1. The molecule has 0 bridgehead atoms. The summed E-state index contributed by atoms with van der Waals surface area (Å²) in [7, 11) is 0. The fraction of sp³-hybridized carbons (Fsp3) is 0.692. The van der Waals surface area contributed by atoms with Crippen molar-refractivity contribution in [1.29, 1.82) is 0 Å². The van der Waals surface area contributed by atoms with Crippen LogP contribution >= 0.6 is 0 Å². The van der Waals surface area contributed by atoms with E-state index in [-0.39, 0.29) is 6.10 Å². The summed E-state index contributed by atoms with van der Waals surface area (Å²) in [5.74, 6) is 0.814. The Morgan fingerprint density at radius 1 is 1.18 bits per heavy atom. The Hall–Kier alpha value is -1.16. The first-order chi connectivity index (χ1) is 8.33. The van der Waals surface area contributed by atoms with Gasteiger partial charge >= 0.3 is 0 Å². The Balaban J connectivity index is 1.78. The summed E-state index contributed by atoms with van der Waals surface area (Å²) in [6.45, 7) is 0. The highest BCUT2D eigenvalue weighted by molar-refractivity contribution is 5.31. The molecule has 2 unspecified atom stereocenters. The Bertz CT molecular complexity index is 408. The van der Waals surface area contributed by atoms with Crippen LogP contribution in [0.2, 0.25) is 0 Å². The zero-order valence-electron chi connectivity index (χ0n) is 10.1. The van der Waals surface area contributed by atoms with E-state index in [0.717, 1.165) is 38.0 Å². The van der Waals surface area contributed by atoms with Gasteiger partial charge in [-0.2, -0.15) is 0 Å². The fourth-order valence-corrected chi connectivity index (χ4v) is 2.83. The third kappa shape index (κ3) is 2.27. The second kappa shape index (κ2) is 4.61. The Labute approximate surface area is 102 Å². The lowest BCUT2D eigenvalue weighted by Crippen LogP contribution is -2.20. The summed E-state index contributed by atoms with van der Waals surface area (Å²) in [6, 6.07) is 0.303. The van der Waals surface area contributed by atoms with Crippen molar-refractivity contribution in [3.8, 4) is 5.88 Å². The van der Waals surface area contributed by atoms with E-state index in [1.54, 1.807) is 6.33 Å². The maximum absolute atomic E-state index is 6.01. The van der Waals surface area contributed by atoms with Gasteiger partial charge in [-0.15, -0.1) is 0 Å². The maximum atomic E-state index is 6.01. The second-order valence-corrected chi connectivity index (χ2v) is 5.12. The molecule has 1 aromatic heterocycles. The molecule has 0 spiro atoms. The smallest absolute Gasteiger partial charge is 0.220 e. The molecule has 92 valence electrons. The number of aromatic nitrogens is 2. The SMILES string of the molecule is NC1CCC(Oc2ncnc3c2CCCC3)C1. The van der Waals surface area contributed by atoms with E-state index in [4.69, 9.17) is 10.5 Å². The lowest BCUT2D eigenvalue weighted by Gasteiger charge is -2.19. The van der Waals surface area contributed by atoms with Crippen molar-refractivity contribution in [2.45, 2.75) is 57.1 Å². The Morgan fingerprint density at radius 2 is 2.06 bits per heavy atom. The number of hydrogen-bond acceptors (Lipinski definition) is 4. The van der Waals surface area contributed by atoms with Crippen molar-refractivity contribution >= 4 is 0 Å². The zero-order valence-corrected chi connectivity index (χ0v) is 10.1. The van der Waals surface area contributed by atoms with Gasteiger partial charge in [0.15, 0.2) is 0 Å². The number of aryl methyl sites for hydroxylation is 1. The van der Waals surface area contributed by atoms with E-state index in [1.165, 1.54) is 24.1 Å². The maximum Gasteiger partial charge on any atom is 0.220 e. The van der Waals surface area contributed by atoms with Gasteiger partial charge in [-0.05, 0) is 44.9 Å². The van der Waals surface area contributed by atoms with Gasteiger partial charge in [0, 0.05) is 11.6 Å². The molecule has 0 amide bonds. The first-order valence-electron chi connectivity index (χ1n) is 6.58. The largest absolute Gasteiger partial charge is 0.474 e. The summed E-state index contributed by atoms with van der Waals surface area (Å²) in [5, 5.41) is 0. The second-order valence-electron chi connectivity index (χ2n) is 5.12. The van der Waals surface area contributed by atoms with Crippen LogP contribution in [0.4, 0.5) is 0 Å². The van der Waals surface area contributed by atoms with E-state index >= 15 is 0 Å². The van der Waals surface area contributed by atoms with Gasteiger partial charge in [0.2, 0.25) is 5.88 Å². The Kier molecular flexibility index (Phi) is 2.97. The van der Waals surface area contributed by atoms with Crippen LogP contribution in [0.1, 0.15) is 43.4 Å². The van der Waals surface area contributed by atoms with Crippen molar-refractivity contribution < 1.29 is 4.74 Å². The molecule has 2 N–H and O–H groups in total. The third-order valence-electron chi connectivity index (χ3n) is 3.79. The Morgan fingerprint density at radius 3 is 2.88 bits per heavy atom. The van der Waals surface area contributed by atoms with E-state index in [1.807, 2.05) is 0 Å². The van der Waals surface area contributed by atoms with E-state index in [2.05, 4.69) is 9.97 Å². The number of nitrogens with two attached hydrogens (primary N) is 1. The average Bonchev–Trinajstić information content (AvgIpc) is 2.75. The average molecular weight is 233 g/mol. The quantitative estimate of drug-likeness (QED) is 0.843. The van der Waals surface area contributed by atoms with Gasteiger partial charge in [-0.1, -0.05) is 0 Å². The fourth-order valence-electron chi connectivity index (χ4n) is 2.83. The number of rotatable bonds is 2. The summed E-state index contributed by atoms with van der Waals surface area (Å²) in [4.78, 5) is 8.66. The minimum Gasteiger partial charge on any atom is -0.474 e. The molecule has 2 atom stereocenters. The highest BCUT2D eigenvalue weighted by atomic mass is 16.5. The molecule has 17 heavy (non-hydrogen) atoms. The van der Waals surface area contributed by atoms with Crippen LogP contribution in [-0.2, 0) is 12.8 Å². The summed E-state index contributed by atoms with van der Waals surface area (Å²) in [6.07, 6.45) is 9.55. The third-order valence-corrected chi connectivity index (χ3v) is 3.79. The molecule has 2 aliphatic carbocycles. The van der Waals surface area contributed by atoms with Crippen LogP contribution in [0.3, 0.4) is 0 Å². The number of hydrogen-bond donors (Lipinski definition) is 1. The van der Waals surface area contributed by atoms with Crippen LogP contribution in [0.15, 0.2) is 6.33 Å². The first-order valence-corrected chi connectivity index (χ1v) is 6.58. The predicted molar refractivity (Wildman–Crippen MR) is 64.9 cm³/mol. The molecule has 4 nitrogen and oxygen atoms in total. The van der Waals surface area contributed by atoms with Gasteiger partial charge in [-0.3, -0.25) is 0 Å². The highest BCUT2D eigenvalue weighted by Crippen LogP contribution is 2.29. The number of nitrogens with zero attached hydrogens (tertiary/aromatic N) is 2. The lowest BCUT2D eigenvalue weighted by atomic mass is 9.97. The molecule has 2 aliphatic rings. The molecule has 0 radical (unpaired) electrons. The topological polar surface area (TPSA) is 61.0 Å². The molecule has 3 rings (SSSR count). The van der Waals surface area contributed by atoms with Gasteiger partial charge in [0.1, 0.15) is 12.4 Å². The van der Waals surface area contributed by atoms with Gasteiger partial charge < -0.3 is 10.5 Å². The molecule has 0 aromatic carbocycles. The highest BCUT2D eigenvalue weighted by Gasteiger charge is 2.25. The van der Waals surface area contributed by atoms with Crippen molar-refractivity contribution in [3.05, 3.63) is 17.6 Å². The summed E-state index contributed by atoms with van der Waals surface area (Å²) < 4.78 is 6.01. The van der Waals surface area contributed by atoms with E-state index in [0.29, 0.717) is 6.04 Å². The van der Waals surface area contributed by atoms with Crippen LogP contribution in [-0.4, -0.2) is 22.1 Å². The molecule has 0 saturated heterocycles. The van der Waals surface area contributed by atoms with E-state index < -0.39 is 0 Å². The monoisotopic (exact) mass is 233 g/mol. The van der Waals surface area contributed by atoms with Crippen molar-refractivity contribution in [1.82, 2.24) is 9.97 Å². The minimum atomic E-state index is 0.255. The molecule has 1 saturated carbocycles. The van der Waals surface area contributed by atoms with Gasteiger partial charge in [0.25, 0.3) is 0 Å². The normalized spacial score (nSPS) is 27.8. The summed E-state index contributed by atoms with van der Waals surface area (Å²) >= 11 is 0. The number of ether oxygens (including phenoxy) is 1. The molecular weight excluding hydrogens is 214 g/mol. The first kappa shape index (κ1) is 11.0. The van der Waals surface area contributed by atoms with Gasteiger partial charge in [0.05, 0.1) is 5.69 Å². The molecule has 1 fully saturated rings. The van der Waals surface area contributed by atoms with Crippen LogP contribution in [0, 0.1) is 0 Å². The lowest BCUT2D eigenvalue weighted by molar-refractivity contribution is 0.196. The van der Waals surface area contributed by atoms with E-state index in [9.17, 15) is 0 Å². The van der Waals surface area contributed by atoms with Crippen molar-refractivity contribution in [3.63, 3.8) is 0 Å². The standard InChI is InChI=1S/C13H19N3O/c14-9-5-6-10(7-9)17-13-11-3-1-2-4-12(11)15-8-16-13/h8-10H,1-7,14H2. The minimum absolute atomic E-state index is 0.255. The molecule has 0 aliphatic heterocycles. The molecule has 1 aromatic rings. The predicted octanol–water partition coefficient (Wildman–Crippen LogP) is 1.61. The summed E-state index contributed by atoms with van der Waals surface area (Å²) in [5.41, 5.74) is 8.32. The van der Waals surface area contributed by atoms with Gasteiger partial charge in [-0.25, -0.2) is 9.97 Å². The molecular formula is C13H19N3O. The van der Waals surface area contributed by atoms with Crippen molar-refractivity contribution in [2.75, 3.05) is 0 Å². The molecule has 1 heterocycles. The van der Waals surface area contributed by atoms with Crippen LogP contribution < -0.4 is 10.5 Å². The van der Waals surface area contributed by atoms with Crippen LogP contribution in [0.5, 0.6) is 5.88 Å². The zero-order chi connectivity index (χ0) is 11.7. The molecule has 4 heteroatoms.